The van der Waals surface area contributed by atoms with Crippen LogP contribution in [0, 0.1) is 5.92 Å². The van der Waals surface area contributed by atoms with Crippen molar-refractivity contribution >= 4 is 17.9 Å². The molecule has 0 fully saturated rings. The average molecular weight is 331 g/mol. The van der Waals surface area contributed by atoms with Crippen LogP contribution in [-0.4, -0.2) is 62.8 Å². The minimum absolute atomic E-state index is 0.0177. The lowest BCUT2D eigenvalue weighted by Gasteiger charge is -2.28. The molecule has 0 aromatic rings. The van der Waals surface area contributed by atoms with Gasteiger partial charge in [0.2, 0.25) is 0 Å². The van der Waals surface area contributed by atoms with Crippen LogP contribution >= 0.6 is 0 Å². The van der Waals surface area contributed by atoms with Gasteiger partial charge in [0.15, 0.2) is 6.10 Å². The number of hydrogen-bond donors (Lipinski definition) is 0. The second-order valence-corrected chi connectivity index (χ2v) is 7.08. The van der Waals surface area contributed by atoms with Crippen molar-refractivity contribution in [2.75, 3.05) is 34.3 Å². The van der Waals surface area contributed by atoms with E-state index in [0.29, 0.717) is 17.4 Å². The molecule has 23 heavy (non-hydrogen) atoms. The van der Waals surface area contributed by atoms with Crippen LogP contribution in [0.5, 0.6) is 0 Å². The summed E-state index contributed by atoms with van der Waals surface area (Å²) in [6.45, 7) is 4.34. The van der Waals surface area contributed by atoms with Crippen LogP contribution in [0.1, 0.15) is 39.5 Å². The molecule has 0 aliphatic carbocycles. The highest BCUT2D eigenvalue weighted by Crippen LogP contribution is 2.10. The highest BCUT2D eigenvalue weighted by molar-refractivity contribution is 5.72. The van der Waals surface area contributed by atoms with Crippen molar-refractivity contribution in [3.05, 3.63) is 0 Å². The molecule has 0 aromatic carbocycles. The van der Waals surface area contributed by atoms with E-state index in [0.717, 1.165) is 0 Å². The summed E-state index contributed by atoms with van der Waals surface area (Å²) in [6.07, 6.45) is -0.242. The van der Waals surface area contributed by atoms with Gasteiger partial charge in [-0.25, -0.2) is 0 Å². The van der Waals surface area contributed by atoms with E-state index in [9.17, 15) is 19.5 Å². The second-order valence-electron chi connectivity index (χ2n) is 7.08. The zero-order valence-electron chi connectivity index (χ0n) is 14.8. The molecule has 7 heteroatoms. The molecule has 7 nitrogen and oxygen atoms in total. The van der Waals surface area contributed by atoms with Crippen LogP contribution in [0.3, 0.4) is 0 Å². The fraction of sp³-hybridized carbons (Fsp3) is 0.812. The topological polar surface area (TPSA) is 92.7 Å². The summed E-state index contributed by atoms with van der Waals surface area (Å²) >= 11 is 0. The van der Waals surface area contributed by atoms with Gasteiger partial charge in [-0.2, -0.15) is 0 Å². The first-order valence-corrected chi connectivity index (χ1v) is 7.85. The first-order chi connectivity index (χ1) is 10.5. The van der Waals surface area contributed by atoms with Gasteiger partial charge in [0.05, 0.1) is 34.2 Å². The van der Waals surface area contributed by atoms with Gasteiger partial charge in [0.25, 0.3) is 0 Å². The van der Waals surface area contributed by atoms with E-state index in [4.69, 9.17) is 9.47 Å². The van der Waals surface area contributed by atoms with Crippen LogP contribution in [0.4, 0.5) is 0 Å². The quantitative estimate of drug-likeness (QED) is 0.303. The van der Waals surface area contributed by atoms with Gasteiger partial charge in [0.1, 0.15) is 6.54 Å². The zero-order chi connectivity index (χ0) is 18.0. The van der Waals surface area contributed by atoms with E-state index >= 15 is 0 Å². The molecule has 0 amide bonds. The van der Waals surface area contributed by atoms with Crippen LogP contribution < -0.4 is 5.11 Å². The maximum Gasteiger partial charge on any atom is 0.309 e. The number of carbonyl (C=O) groups excluding carboxylic acids is 3. The molecule has 0 aromatic heterocycles. The number of carboxylic acid groups (broad SMARTS) is 1. The molecule has 0 rings (SSSR count). The molecular formula is C16H29NO6. The van der Waals surface area contributed by atoms with Crippen LogP contribution in [0.25, 0.3) is 0 Å². The maximum atomic E-state index is 11.8. The van der Waals surface area contributed by atoms with Crippen molar-refractivity contribution in [1.82, 2.24) is 0 Å². The number of hydrogen-bond acceptors (Lipinski definition) is 6. The minimum atomic E-state index is -1.17. The van der Waals surface area contributed by atoms with Gasteiger partial charge in [-0.3, -0.25) is 9.59 Å². The van der Waals surface area contributed by atoms with Crippen molar-refractivity contribution in [2.24, 2.45) is 5.92 Å². The van der Waals surface area contributed by atoms with Crippen molar-refractivity contribution in [3.8, 4) is 0 Å². The summed E-state index contributed by atoms with van der Waals surface area (Å²) in [5, 5.41) is 10.3. The number of likely N-dealkylation sites (N-methyl/N-ethyl adjacent to an activating group) is 1. The average Bonchev–Trinajstić information content (AvgIpc) is 2.30. The third kappa shape index (κ3) is 13.7. The molecule has 0 unspecified atom stereocenters. The van der Waals surface area contributed by atoms with Gasteiger partial charge < -0.3 is 23.9 Å². The van der Waals surface area contributed by atoms with Gasteiger partial charge in [-0.05, 0) is 18.8 Å². The first-order valence-electron chi connectivity index (χ1n) is 7.85. The number of esters is 2. The number of nitrogens with zero attached hydrogens (tertiary/aromatic N) is 1. The summed E-state index contributed by atoms with van der Waals surface area (Å²) in [6, 6.07) is 0. The Kier molecular flexibility index (Phi) is 9.48. The number of carboxylic acids is 1. The fourth-order valence-electron chi connectivity index (χ4n) is 1.97. The Morgan fingerprint density at radius 2 is 1.65 bits per heavy atom. The van der Waals surface area contributed by atoms with Crippen molar-refractivity contribution in [1.29, 1.82) is 0 Å². The summed E-state index contributed by atoms with van der Waals surface area (Å²) < 4.78 is 10.9. The molecule has 0 saturated carbocycles. The van der Waals surface area contributed by atoms with Crippen LogP contribution in [0.15, 0.2) is 0 Å². The largest absolute Gasteiger partial charge is 0.550 e. The number of aliphatic carboxylic acids is 1. The predicted octanol–water partition coefficient (Wildman–Crippen LogP) is 0.114. The van der Waals surface area contributed by atoms with E-state index in [1.54, 1.807) is 0 Å². The Labute approximate surface area is 138 Å². The standard InChI is InChI=1S/C16H29NO6/c1-12(2)9-16(21)23-13(11-17(3,4)5)10-15(20)22-8-6-7-14(18)19/h12-13H,6-11H2,1-5H3/t13-/m1/s1. The molecular weight excluding hydrogens is 302 g/mol. The molecule has 0 heterocycles. The summed E-state index contributed by atoms with van der Waals surface area (Å²) in [4.78, 5) is 33.9. The summed E-state index contributed by atoms with van der Waals surface area (Å²) in [7, 11) is 5.82. The molecule has 0 saturated heterocycles. The molecule has 0 aliphatic heterocycles. The minimum Gasteiger partial charge on any atom is -0.550 e. The molecule has 1 atom stereocenters. The number of rotatable bonds is 11. The van der Waals surface area contributed by atoms with Gasteiger partial charge >= 0.3 is 11.9 Å². The zero-order valence-corrected chi connectivity index (χ0v) is 14.8. The third-order valence-corrected chi connectivity index (χ3v) is 2.81. The summed E-state index contributed by atoms with van der Waals surface area (Å²) in [5.74, 6) is -1.82. The van der Waals surface area contributed by atoms with Crippen molar-refractivity contribution < 1.29 is 33.4 Å². The van der Waals surface area contributed by atoms with E-state index in [1.807, 2.05) is 35.0 Å². The van der Waals surface area contributed by atoms with E-state index in [-0.39, 0.29) is 37.8 Å². The molecule has 134 valence electrons. The van der Waals surface area contributed by atoms with Gasteiger partial charge in [-0.15, -0.1) is 0 Å². The monoisotopic (exact) mass is 331 g/mol. The Morgan fingerprint density at radius 3 is 2.13 bits per heavy atom. The van der Waals surface area contributed by atoms with Crippen molar-refractivity contribution in [3.63, 3.8) is 0 Å². The summed E-state index contributed by atoms with van der Waals surface area (Å²) in [5.41, 5.74) is 0. The first kappa shape index (κ1) is 21.4. The Morgan fingerprint density at radius 1 is 1.04 bits per heavy atom. The van der Waals surface area contributed by atoms with Gasteiger partial charge in [0, 0.05) is 12.4 Å². The lowest BCUT2D eigenvalue weighted by Crippen LogP contribution is -2.44. The number of quaternary nitrogens is 1. The third-order valence-electron chi connectivity index (χ3n) is 2.81. The molecule has 0 N–H and O–H groups in total. The lowest BCUT2D eigenvalue weighted by atomic mass is 10.1. The molecule has 0 radical (unpaired) electrons. The van der Waals surface area contributed by atoms with E-state index < -0.39 is 18.0 Å². The highest BCUT2D eigenvalue weighted by atomic mass is 16.6. The Balaban J connectivity index is 4.42. The number of carbonyl (C=O) groups is 3. The predicted molar refractivity (Wildman–Crippen MR) is 82.1 cm³/mol. The Hall–Kier alpha value is -1.63. The van der Waals surface area contributed by atoms with Crippen molar-refractivity contribution in [2.45, 2.75) is 45.6 Å². The fourth-order valence-corrected chi connectivity index (χ4v) is 1.97. The van der Waals surface area contributed by atoms with Crippen LogP contribution in [0.2, 0.25) is 0 Å². The SMILES string of the molecule is CC(C)CC(=O)O[C@H](CC(=O)OCCCC(=O)[O-])C[N+](C)(C)C. The highest BCUT2D eigenvalue weighted by Gasteiger charge is 2.25. The molecule has 0 aliphatic rings. The molecule has 0 spiro atoms. The molecule has 0 bridgehead atoms. The van der Waals surface area contributed by atoms with Gasteiger partial charge in [-0.1, -0.05) is 13.8 Å². The maximum absolute atomic E-state index is 11.8. The normalized spacial score (nSPS) is 12.8. The lowest BCUT2D eigenvalue weighted by molar-refractivity contribution is -0.873. The number of ether oxygens (including phenoxy) is 2. The smallest absolute Gasteiger partial charge is 0.309 e. The second kappa shape index (κ2) is 10.2. The van der Waals surface area contributed by atoms with Crippen LogP contribution in [-0.2, 0) is 23.9 Å². The van der Waals surface area contributed by atoms with E-state index in [1.165, 1.54) is 0 Å². The Bertz CT molecular complexity index is 400. The van der Waals surface area contributed by atoms with E-state index in [2.05, 4.69) is 0 Å².